The number of hydrogen-bond acceptors (Lipinski definition) is 9. The number of hydrogen-bond donors (Lipinski definition) is 2. The first-order valence-corrected chi connectivity index (χ1v) is 17.3. The van der Waals surface area contributed by atoms with Crippen LogP contribution in [0.1, 0.15) is 39.5 Å². The molecule has 0 bridgehead atoms. The van der Waals surface area contributed by atoms with Gasteiger partial charge in [0.05, 0.1) is 40.5 Å². The number of aromatic nitrogens is 1. The van der Waals surface area contributed by atoms with Gasteiger partial charge in [-0.05, 0) is 41.8 Å². The van der Waals surface area contributed by atoms with E-state index in [-0.39, 0.29) is 38.7 Å². The van der Waals surface area contributed by atoms with E-state index in [1.807, 2.05) is 0 Å². The van der Waals surface area contributed by atoms with Crippen LogP contribution in [0.25, 0.3) is 21.3 Å². The molecular weight excluding hydrogens is 634 g/mol. The molecule has 2 amide bonds. The third kappa shape index (κ3) is 7.89. The van der Waals surface area contributed by atoms with Gasteiger partial charge in [0.1, 0.15) is 5.01 Å². The molecule has 11 nitrogen and oxygen atoms in total. The van der Waals surface area contributed by atoms with Gasteiger partial charge in [-0.15, -0.1) is 11.3 Å². The fourth-order valence-corrected chi connectivity index (χ4v) is 8.07. The normalized spacial score (nSPS) is 15.4. The van der Waals surface area contributed by atoms with Crippen molar-refractivity contribution >= 4 is 53.2 Å². The summed E-state index contributed by atoms with van der Waals surface area (Å²) in [5.41, 5.74) is -0.943. The molecule has 1 fully saturated rings. The lowest BCUT2D eigenvalue weighted by atomic mass is 9.97. The zero-order valence-electron chi connectivity index (χ0n) is 22.9. The second-order valence-electron chi connectivity index (χ2n) is 9.80. The summed E-state index contributed by atoms with van der Waals surface area (Å²) in [4.78, 5) is 31.5. The van der Waals surface area contributed by atoms with Gasteiger partial charge >= 0.3 is 6.18 Å². The molecule has 1 aromatic heterocycles. The van der Waals surface area contributed by atoms with E-state index >= 15 is 0 Å². The van der Waals surface area contributed by atoms with Crippen LogP contribution >= 0.6 is 11.3 Å². The molecule has 1 unspecified atom stereocenters. The van der Waals surface area contributed by atoms with E-state index in [4.69, 9.17) is 9.88 Å². The Bertz CT molecular complexity index is 1720. The van der Waals surface area contributed by atoms with Crippen LogP contribution in [-0.2, 0) is 35.6 Å². The maximum absolute atomic E-state index is 14.2. The summed E-state index contributed by atoms with van der Waals surface area (Å²) in [5, 5.41) is 5.04. The molecule has 3 N–H and O–H groups in total. The van der Waals surface area contributed by atoms with Crippen molar-refractivity contribution in [2.24, 2.45) is 5.14 Å². The Hall–Kier alpha value is -3.12. The second kappa shape index (κ2) is 12.9. The first-order chi connectivity index (χ1) is 20.1. The lowest BCUT2D eigenvalue weighted by Crippen LogP contribution is -2.40. The molecule has 43 heavy (non-hydrogen) atoms. The zero-order valence-corrected chi connectivity index (χ0v) is 25.3. The van der Waals surface area contributed by atoms with Gasteiger partial charge in [-0.25, -0.2) is 27.0 Å². The van der Waals surface area contributed by atoms with Crippen molar-refractivity contribution in [2.75, 3.05) is 44.4 Å². The molecule has 234 valence electrons. The maximum Gasteiger partial charge on any atom is 0.417 e. The minimum Gasteiger partial charge on any atom is -0.378 e. The number of alkyl halides is 3. The number of nitrogens with two attached hydrogens (primary N) is 1. The summed E-state index contributed by atoms with van der Waals surface area (Å²) in [7, 11) is -8.12. The Morgan fingerprint density at radius 2 is 1.74 bits per heavy atom. The summed E-state index contributed by atoms with van der Waals surface area (Å²) in [6.45, 7) is 2.71. The molecule has 0 aliphatic carbocycles. The quantitative estimate of drug-likeness (QED) is 0.335. The number of fused-ring (bicyclic) bond motifs is 1. The van der Waals surface area contributed by atoms with Crippen molar-refractivity contribution in [1.29, 1.82) is 0 Å². The molecule has 1 saturated heterocycles. The van der Waals surface area contributed by atoms with E-state index in [1.165, 1.54) is 30.3 Å². The van der Waals surface area contributed by atoms with Gasteiger partial charge in [0.2, 0.25) is 15.9 Å². The van der Waals surface area contributed by atoms with E-state index in [0.29, 0.717) is 31.9 Å². The first kappa shape index (κ1) is 32.8. The first-order valence-electron chi connectivity index (χ1n) is 13.1. The third-order valence-corrected chi connectivity index (χ3v) is 10.7. The van der Waals surface area contributed by atoms with E-state index in [1.54, 1.807) is 11.8 Å². The number of nitrogens with one attached hydrogen (secondary N) is 1. The van der Waals surface area contributed by atoms with Crippen LogP contribution in [0.15, 0.2) is 36.4 Å². The summed E-state index contributed by atoms with van der Waals surface area (Å²) in [6.07, 6.45) is -4.66. The number of carbonyl (C=O) groups excluding carboxylic acids is 2. The molecule has 1 atom stereocenters. The van der Waals surface area contributed by atoms with Crippen molar-refractivity contribution in [1.82, 2.24) is 15.2 Å². The van der Waals surface area contributed by atoms with E-state index in [2.05, 4.69) is 10.3 Å². The highest BCUT2D eigenvalue weighted by atomic mass is 32.2. The minimum atomic E-state index is -4.81. The zero-order chi connectivity index (χ0) is 31.6. The summed E-state index contributed by atoms with van der Waals surface area (Å²) < 4.78 is 96.7. The molecule has 17 heteroatoms. The predicted molar refractivity (Wildman–Crippen MR) is 155 cm³/mol. The van der Waals surface area contributed by atoms with Gasteiger partial charge in [0, 0.05) is 25.2 Å². The van der Waals surface area contributed by atoms with Gasteiger partial charge in [0.15, 0.2) is 15.1 Å². The molecule has 0 saturated carbocycles. The molecule has 2 aromatic carbocycles. The number of halogens is 3. The fraction of sp³-hybridized carbons (Fsp3) is 0.423. The molecule has 2 heterocycles. The van der Waals surface area contributed by atoms with Crippen LogP contribution in [0.5, 0.6) is 0 Å². The minimum absolute atomic E-state index is 0.153. The number of morpholine rings is 1. The van der Waals surface area contributed by atoms with Crippen molar-refractivity contribution in [2.45, 2.75) is 24.8 Å². The van der Waals surface area contributed by atoms with Crippen LogP contribution < -0.4 is 10.5 Å². The van der Waals surface area contributed by atoms with E-state index in [0.717, 1.165) is 17.4 Å². The maximum atomic E-state index is 14.2. The summed E-state index contributed by atoms with van der Waals surface area (Å²) >= 11 is 0.746. The summed E-state index contributed by atoms with van der Waals surface area (Å²) in [6, 6.07) is 7.70. The number of sulfone groups is 1. The average Bonchev–Trinajstić information content (AvgIpc) is 3.33. The highest BCUT2D eigenvalue weighted by Gasteiger charge is 2.38. The fourth-order valence-electron chi connectivity index (χ4n) is 4.56. The topological polar surface area (TPSA) is 166 Å². The smallest absolute Gasteiger partial charge is 0.378 e. The van der Waals surface area contributed by atoms with Crippen molar-refractivity contribution in [3.05, 3.63) is 52.5 Å². The Kier molecular flexibility index (Phi) is 9.80. The van der Waals surface area contributed by atoms with Gasteiger partial charge in [0.25, 0.3) is 5.91 Å². The van der Waals surface area contributed by atoms with Crippen molar-refractivity contribution < 1.29 is 44.3 Å². The van der Waals surface area contributed by atoms with Gasteiger partial charge in [-0.2, -0.15) is 13.2 Å². The molecule has 0 radical (unpaired) electrons. The molecule has 3 aromatic rings. The predicted octanol–water partition coefficient (Wildman–Crippen LogP) is 2.73. The van der Waals surface area contributed by atoms with Crippen LogP contribution in [0.2, 0.25) is 0 Å². The largest absolute Gasteiger partial charge is 0.417 e. The lowest BCUT2D eigenvalue weighted by Gasteiger charge is -2.26. The number of benzene rings is 2. The molecule has 1 aliphatic heterocycles. The van der Waals surface area contributed by atoms with Crippen LogP contribution in [-0.4, -0.2) is 82.9 Å². The highest BCUT2D eigenvalue weighted by molar-refractivity contribution is 7.92. The third-order valence-electron chi connectivity index (χ3n) is 6.59. The number of ether oxygens (including phenoxy) is 1. The Labute approximate surface area is 250 Å². The number of amides is 2. The van der Waals surface area contributed by atoms with Gasteiger partial charge in [-0.1, -0.05) is 19.1 Å². The number of thiazole rings is 1. The van der Waals surface area contributed by atoms with Crippen LogP contribution in [0.4, 0.5) is 13.2 Å². The number of sulfonamides is 1. The van der Waals surface area contributed by atoms with Gasteiger partial charge < -0.3 is 15.0 Å². The van der Waals surface area contributed by atoms with Crippen LogP contribution in [0.3, 0.4) is 0 Å². The lowest BCUT2D eigenvalue weighted by molar-refractivity contribution is -0.137. The number of primary sulfonamides is 1. The SMILES string of the molecule is CCCS(=O)(=O)C(C(=O)NCCS(N)(=O)=O)c1nc2cc(C(F)(F)F)c(-c3ccc(C(=O)N4CCOCC4)cc3)cc2s1. The molecular formula is C26H29F3N4O7S3. The number of rotatable bonds is 10. The Balaban J connectivity index is 1.74. The Morgan fingerprint density at radius 3 is 2.33 bits per heavy atom. The van der Waals surface area contributed by atoms with E-state index in [9.17, 15) is 39.6 Å². The monoisotopic (exact) mass is 662 g/mol. The van der Waals surface area contributed by atoms with Crippen molar-refractivity contribution in [3.8, 4) is 11.1 Å². The standard InChI is InChI=1S/C26H29F3N4O7S3/c1-2-12-42(36,37)22(23(34)31-7-13-43(30,38)39)24-32-20-15-19(26(27,28)29)18(14-21(20)41-24)16-3-5-17(6-4-16)25(35)33-8-10-40-11-9-33/h3-6,14-15,22H,2,7-13H2,1H3,(H,31,34)(H2,30,38,39). The molecule has 4 rings (SSSR count). The van der Waals surface area contributed by atoms with E-state index < -0.39 is 60.8 Å². The highest BCUT2D eigenvalue weighted by Crippen LogP contribution is 2.42. The average molecular weight is 663 g/mol. The molecule has 1 aliphatic rings. The number of nitrogens with zero attached hydrogens (tertiary/aromatic N) is 2. The molecule has 0 spiro atoms. The summed E-state index contributed by atoms with van der Waals surface area (Å²) in [5.74, 6) is -2.39. The van der Waals surface area contributed by atoms with Crippen molar-refractivity contribution in [3.63, 3.8) is 0 Å². The second-order valence-corrected chi connectivity index (χ2v) is 14.8. The van der Waals surface area contributed by atoms with Crippen LogP contribution in [0, 0.1) is 0 Å². The Morgan fingerprint density at radius 1 is 1.09 bits per heavy atom. The number of carbonyl (C=O) groups is 2. The van der Waals surface area contributed by atoms with Gasteiger partial charge in [-0.3, -0.25) is 9.59 Å².